The van der Waals surface area contributed by atoms with E-state index in [0.29, 0.717) is 34.2 Å². The Morgan fingerprint density at radius 2 is 2.21 bits per heavy atom. The van der Waals surface area contributed by atoms with Crippen LogP contribution in [-0.2, 0) is 0 Å². The van der Waals surface area contributed by atoms with E-state index in [1.807, 2.05) is 19.2 Å². The zero-order chi connectivity index (χ0) is 20.5. The molecule has 1 heterocycles. The number of nitrogens with zero attached hydrogens (tertiary/aromatic N) is 4. The molecule has 0 spiro atoms. The Morgan fingerprint density at radius 1 is 1.46 bits per heavy atom. The first-order chi connectivity index (χ1) is 13.4. The van der Waals surface area contributed by atoms with E-state index >= 15 is 0 Å². The zero-order valence-corrected chi connectivity index (χ0v) is 18.4. The molecule has 152 valence electrons. The van der Waals surface area contributed by atoms with Crippen molar-refractivity contribution in [2.75, 3.05) is 34.2 Å². The Morgan fingerprint density at radius 3 is 2.82 bits per heavy atom. The molecule has 1 aromatic carbocycles. The fourth-order valence-corrected chi connectivity index (χ4v) is 3.31. The van der Waals surface area contributed by atoms with Gasteiger partial charge in [0.2, 0.25) is 0 Å². The first-order valence-electron chi connectivity index (χ1n) is 9.43. The normalized spacial score (nSPS) is 18.7. The molecule has 28 heavy (non-hydrogen) atoms. The zero-order valence-electron chi connectivity index (χ0n) is 16.8. The summed E-state index contributed by atoms with van der Waals surface area (Å²) in [7, 11) is 5.75. The van der Waals surface area contributed by atoms with Crippen molar-refractivity contribution in [3.63, 3.8) is 0 Å². The molecule has 0 radical (unpaired) electrons. The van der Waals surface area contributed by atoms with E-state index in [0.717, 1.165) is 13.0 Å². The predicted molar refractivity (Wildman–Crippen MR) is 120 cm³/mol. The summed E-state index contributed by atoms with van der Waals surface area (Å²) in [6.07, 6.45) is 6.88. The molecule has 0 amide bonds. The summed E-state index contributed by atoms with van der Waals surface area (Å²) in [6, 6.07) is 7.25. The number of halogens is 2. The van der Waals surface area contributed by atoms with E-state index in [2.05, 4.69) is 44.9 Å². The average Bonchev–Trinajstić information content (AvgIpc) is 3.08. The summed E-state index contributed by atoms with van der Waals surface area (Å²) < 4.78 is 14.9. The molecule has 7 heteroatoms. The number of hydrazone groups is 1. The summed E-state index contributed by atoms with van der Waals surface area (Å²) >= 11 is 3.27. The molecule has 1 aromatic rings. The maximum atomic E-state index is 14.2. The van der Waals surface area contributed by atoms with Gasteiger partial charge < -0.3 is 10.2 Å². The molecule has 0 aliphatic carbocycles. The number of likely N-dealkylation sites (tertiary alicyclic amines) is 1. The average molecular weight is 450 g/mol. The van der Waals surface area contributed by atoms with Crippen molar-refractivity contribution in [3.8, 4) is 0 Å². The summed E-state index contributed by atoms with van der Waals surface area (Å²) in [5, 5.41) is 9.09. The minimum Gasteiger partial charge on any atom is -0.387 e. The van der Waals surface area contributed by atoms with Crippen molar-refractivity contribution in [3.05, 3.63) is 52.8 Å². The van der Waals surface area contributed by atoms with Crippen molar-refractivity contribution in [2.24, 2.45) is 10.1 Å². The first-order valence-corrected chi connectivity index (χ1v) is 10.2. The van der Waals surface area contributed by atoms with Gasteiger partial charge in [-0.2, -0.15) is 5.10 Å². The minimum absolute atomic E-state index is 0.282. The number of benzene rings is 1. The Labute approximate surface area is 175 Å². The van der Waals surface area contributed by atoms with Crippen molar-refractivity contribution in [2.45, 2.75) is 25.3 Å². The van der Waals surface area contributed by atoms with Gasteiger partial charge in [-0.3, -0.25) is 10.0 Å². The van der Waals surface area contributed by atoms with Gasteiger partial charge in [0.1, 0.15) is 11.7 Å². The quantitative estimate of drug-likeness (QED) is 0.369. The lowest BCUT2D eigenvalue weighted by molar-refractivity contribution is 0.299. The second kappa shape index (κ2) is 11.1. The van der Waals surface area contributed by atoms with Crippen LogP contribution in [0.3, 0.4) is 0 Å². The van der Waals surface area contributed by atoms with Gasteiger partial charge in [0, 0.05) is 48.5 Å². The van der Waals surface area contributed by atoms with E-state index in [1.54, 1.807) is 30.4 Å². The number of nitrogens with one attached hydrogen (secondary N) is 1. The molecule has 5 nitrogen and oxygen atoms in total. The second-order valence-corrected chi connectivity index (χ2v) is 7.83. The molecule has 1 aliphatic heterocycles. The van der Waals surface area contributed by atoms with Crippen LogP contribution in [0.25, 0.3) is 5.70 Å². The Bertz CT molecular complexity index is 759. The third-order valence-electron chi connectivity index (χ3n) is 4.82. The molecular formula is C21H29BrFN5. The monoisotopic (exact) mass is 449 g/mol. The molecule has 1 N–H and O–H groups in total. The molecule has 0 bridgehead atoms. The van der Waals surface area contributed by atoms with Crippen molar-refractivity contribution in [1.29, 1.82) is 0 Å². The molecule has 2 rings (SSSR count). The lowest BCUT2D eigenvalue weighted by Gasteiger charge is -2.19. The molecule has 1 aliphatic rings. The van der Waals surface area contributed by atoms with Gasteiger partial charge in [-0.05, 0) is 60.9 Å². The predicted octanol–water partition coefficient (Wildman–Crippen LogP) is 4.10. The van der Waals surface area contributed by atoms with Crippen LogP contribution >= 0.6 is 15.9 Å². The molecule has 1 saturated heterocycles. The third kappa shape index (κ3) is 6.56. The van der Waals surface area contributed by atoms with Crippen LogP contribution in [0, 0.1) is 5.82 Å². The Kier molecular flexibility index (Phi) is 8.86. The van der Waals surface area contributed by atoms with Crippen molar-refractivity contribution < 1.29 is 4.39 Å². The van der Waals surface area contributed by atoms with E-state index < -0.39 is 0 Å². The van der Waals surface area contributed by atoms with E-state index in [4.69, 9.17) is 4.99 Å². The molecule has 0 saturated carbocycles. The number of likely N-dealkylation sites (N-methyl/N-ethyl adjacent to an activating group) is 1. The second-order valence-electron chi connectivity index (χ2n) is 6.81. The van der Waals surface area contributed by atoms with Crippen LogP contribution in [0.2, 0.25) is 0 Å². The highest BCUT2D eigenvalue weighted by atomic mass is 79.9. The van der Waals surface area contributed by atoms with Gasteiger partial charge >= 0.3 is 0 Å². The maximum absolute atomic E-state index is 14.2. The fourth-order valence-electron chi connectivity index (χ4n) is 3.22. The van der Waals surface area contributed by atoms with Gasteiger partial charge in [-0.1, -0.05) is 18.7 Å². The lowest BCUT2D eigenvalue weighted by atomic mass is 10.1. The largest absolute Gasteiger partial charge is 0.387 e. The van der Waals surface area contributed by atoms with Gasteiger partial charge in [0.05, 0.1) is 6.21 Å². The number of hydrogen-bond acceptors (Lipinski definition) is 4. The van der Waals surface area contributed by atoms with Gasteiger partial charge in [-0.25, -0.2) is 4.39 Å². The topological polar surface area (TPSA) is 43.2 Å². The minimum atomic E-state index is -0.282. The number of amidine groups is 1. The maximum Gasteiger partial charge on any atom is 0.145 e. The number of allylic oxidation sites excluding steroid dienone is 1. The Balaban J connectivity index is 2.26. The van der Waals surface area contributed by atoms with Crippen LogP contribution in [0.4, 0.5) is 4.39 Å². The van der Waals surface area contributed by atoms with Crippen molar-refractivity contribution in [1.82, 2.24) is 15.2 Å². The van der Waals surface area contributed by atoms with Gasteiger partial charge in [-0.15, -0.1) is 0 Å². The van der Waals surface area contributed by atoms with Crippen molar-refractivity contribution >= 4 is 33.7 Å². The lowest BCUT2D eigenvalue weighted by Crippen LogP contribution is -2.26. The molecular weight excluding hydrogens is 421 g/mol. The third-order valence-corrected chi connectivity index (χ3v) is 5.02. The van der Waals surface area contributed by atoms with E-state index in [9.17, 15) is 4.39 Å². The highest BCUT2D eigenvalue weighted by Gasteiger charge is 2.20. The van der Waals surface area contributed by atoms with Crippen LogP contribution in [-0.4, -0.2) is 62.2 Å². The summed E-state index contributed by atoms with van der Waals surface area (Å²) in [5.41, 5.74) is 1.14. The van der Waals surface area contributed by atoms with Crippen LogP contribution < -0.4 is 5.32 Å². The number of aliphatic imine (C=N–C) groups is 1. The number of rotatable bonds is 8. The molecule has 1 atom stereocenters. The fraction of sp³-hybridized carbons (Fsp3) is 0.429. The van der Waals surface area contributed by atoms with Crippen LogP contribution in [0.5, 0.6) is 0 Å². The van der Waals surface area contributed by atoms with E-state index in [-0.39, 0.29) is 5.82 Å². The smallest absolute Gasteiger partial charge is 0.145 e. The van der Waals surface area contributed by atoms with E-state index in [1.165, 1.54) is 18.9 Å². The summed E-state index contributed by atoms with van der Waals surface area (Å²) in [5.74, 6) is 0.369. The first kappa shape index (κ1) is 22.3. The highest BCUT2D eigenvalue weighted by molar-refractivity contribution is 9.12. The number of hydrogen-bond donors (Lipinski definition) is 1. The molecule has 1 unspecified atom stereocenters. The molecule has 1 fully saturated rings. The van der Waals surface area contributed by atoms with Gasteiger partial charge in [0.15, 0.2) is 0 Å². The van der Waals surface area contributed by atoms with Crippen LogP contribution in [0.1, 0.15) is 24.8 Å². The summed E-state index contributed by atoms with van der Waals surface area (Å²) in [6.45, 7) is 5.60. The molecule has 0 aromatic heterocycles. The summed E-state index contributed by atoms with van der Waals surface area (Å²) in [4.78, 5) is 7.15. The van der Waals surface area contributed by atoms with Crippen LogP contribution in [0.15, 0.2) is 51.5 Å². The van der Waals surface area contributed by atoms with Gasteiger partial charge in [0.25, 0.3) is 0 Å². The Hall–Kier alpha value is -1.99. The highest BCUT2D eigenvalue weighted by Crippen LogP contribution is 2.18. The SMILES string of the molecule is C=C(Br)/C=N\N(C)C(C=C(NC)c1ccccc1F)=NCCC1CCCN1C. The standard InChI is InChI=1S/C21H29BrFN5/c1-16(22)15-26-28(4)21(25-12-11-17-8-7-13-27(17)3)14-20(24-2)18-9-5-6-10-19(18)23/h5-6,9-10,14-15,17,24H,1,7-8,11-13H2,2-4H3/b20-14?,25-21?,26-15-.